The van der Waals surface area contributed by atoms with Crippen molar-refractivity contribution in [3.63, 3.8) is 0 Å². The smallest absolute Gasteiger partial charge is 0.0973 e. The lowest BCUT2D eigenvalue weighted by Crippen LogP contribution is -2.41. The normalized spacial score (nSPS) is 24.1. The van der Waals surface area contributed by atoms with Crippen LogP contribution >= 0.6 is 0 Å². The average Bonchev–Trinajstić information content (AvgIpc) is 2.64. The van der Waals surface area contributed by atoms with Crippen LogP contribution in [0.5, 0.6) is 0 Å². The largest absolute Gasteiger partial charge is 0.292 e. The maximum atomic E-state index is 12.3. The van der Waals surface area contributed by atoms with E-state index in [1.165, 1.54) is 5.56 Å². The van der Waals surface area contributed by atoms with Gasteiger partial charge in [-0.25, -0.2) is 8.93 Å². The second-order valence-electron chi connectivity index (χ2n) is 7.58. The van der Waals surface area contributed by atoms with Crippen molar-refractivity contribution in [2.75, 3.05) is 6.54 Å². The van der Waals surface area contributed by atoms with Gasteiger partial charge in [-0.3, -0.25) is 4.90 Å². The van der Waals surface area contributed by atoms with E-state index in [0.29, 0.717) is 6.04 Å². The summed E-state index contributed by atoms with van der Waals surface area (Å²) >= 11 is 0. The Balaban J connectivity index is 2.00. The average molecular weight is 308 g/mol. The third-order valence-electron chi connectivity index (χ3n) is 4.09. The monoisotopic (exact) mass is 308 g/mol. The van der Waals surface area contributed by atoms with Crippen LogP contribution in [0.25, 0.3) is 0 Å². The van der Waals surface area contributed by atoms with E-state index in [1.807, 2.05) is 20.8 Å². The van der Waals surface area contributed by atoms with Gasteiger partial charge in [-0.05, 0) is 46.6 Å². The molecule has 1 aromatic carbocycles. The number of hydrogen-bond acceptors (Lipinski definition) is 2. The molecule has 0 saturated carbocycles. The molecule has 0 aromatic heterocycles. The Hall–Kier alpha value is -0.710. The lowest BCUT2D eigenvalue weighted by Gasteiger charge is -2.31. The van der Waals surface area contributed by atoms with E-state index in [0.717, 1.165) is 19.5 Å². The first-order valence-corrected chi connectivity index (χ1v) is 8.80. The van der Waals surface area contributed by atoms with Crippen LogP contribution in [0.3, 0.4) is 0 Å². The number of benzene rings is 1. The Morgan fingerprint density at radius 3 is 2.48 bits per heavy atom. The fourth-order valence-electron chi connectivity index (χ4n) is 2.80. The maximum Gasteiger partial charge on any atom is 0.0973 e. The van der Waals surface area contributed by atoms with Gasteiger partial charge in [0.1, 0.15) is 0 Å². The van der Waals surface area contributed by atoms with E-state index in [4.69, 9.17) is 0 Å². The summed E-state index contributed by atoms with van der Waals surface area (Å²) < 4.78 is 15.4. The SMILES string of the molecule is CC1(C)C[C@H](NS(=O)C(C)(C)C)CN1Cc1ccccc1. The molecular weight excluding hydrogens is 280 g/mol. The molecule has 0 radical (unpaired) electrons. The molecule has 0 spiro atoms. The molecule has 1 fully saturated rings. The molecule has 1 N–H and O–H groups in total. The molecule has 0 aliphatic carbocycles. The van der Waals surface area contributed by atoms with Crippen molar-refractivity contribution < 1.29 is 4.21 Å². The molecule has 1 aromatic rings. The van der Waals surface area contributed by atoms with Crippen molar-refractivity contribution in [1.29, 1.82) is 0 Å². The minimum atomic E-state index is -0.998. The summed E-state index contributed by atoms with van der Waals surface area (Å²) in [6.07, 6.45) is 1.03. The van der Waals surface area contributed by atoms with Crippen LogP contribution in [-0.4, -0.2) is 32.0 Å². The highest BCUT2D eigenvalue weighted by atomic mass is 32.2. The van der Waals surface area contributed by atoms with Gasteiger partial charge in [0.2, 0.25) is 0 Å². The van der Waals surface area contributed by atoms with Gasteiger partial charge in [0.05, 0.1) is 15.7 Å². The molecule has 1 saturated heterocycles. The van der Waals surface area contributed by atoms with Gasteiger partial charge in [-0.15, -0.1) is 0 Å². The first-order chi connectivity index (χ1) is 9.68. The van der Waals surface area contributed by atoms with E-state index in [2.05, 4.69) is 53.8 Å². The Labute approximate surface area is 131 Å². The molecular formula is C17H28N2OS. The zero-order valence-corrected chi connectivity index (χ0v) is 14.7. The summed E-state index contributed by atoms with van der Waals surface area (Å²) in [5.41, 5.74) is 1.47. The number of hydrogen-bond donors (Lipinski definition) is 1. The second-order valence-corrected chi connectivity index (χ2v) is 9.58. The van der Waals surface area contributed by atoms with Crippen LogP contribution < -0.4 is 4.72 Å². The lowest BCUT2D eigenvalue weighted by atomic mass is 10.00. The Morgan fingerprint density at radius 1 is 1.29 bits per heavy atom. The number of rotatable bonds is 4. The Morgan fingerprint density at radius 2 is 1.90 bits per heavy atom. The summed E-state index contributed by atoms with van der Waals surface area (Å²) in [6.45, 7) is 12.5. The van der Waals surface area contributed by atoms with Gasteiger partial charge < -0.3 is 0 Å². The van der Waals surface area contributed by atoms with Crippen molar-refractivity contribution in [3.05, 3.63) is 35.9 Å². The van der Waals surface area contributed by atoms with E-state index >= 15 is 0 Å². The van der Waals surface area contributed by atoms with Gasteiger partial charge in [0, 0.05) is 24.7 Å². The maximum absolute atomic E-state index is 12.3. The highest BCUT2D eigenvalue weighted by molar-refractivity contribution is 7.84. The van der Waals surface area contributed by atoms with Crippen LogP contribution in [0.4, 0.5) is 0 Å². The molecule has 2 rings (SSSR count). The van der Waals surface area contributed by atoms with Crippen molar-refractivity contribution in [2.24, 2.45) is 0 Å². The first kappa shape index (κ1) is 16.7. The van der Waals surface area contributed by atoms with Gasteiger partial charge in [-0.2, -0.15) is 0 Å². The summed E-state index contributed by atoms with van der Waals surface area (Å²) in [5.74, 6) is 0. The van der Waals surface area contributed by atoms with Crippen molar-refractivity contribution >= 4 is 11.0 Å². The van der Waals surface area contributed by atoms with Crippen molar-refractivity contribution in [3.8, 4) is 0 Å². The zero-order valence-electron chi connectivity index (χ0n) is 13.8. The predicted molar refractivity (Wildman–Crippen MR) is 90.4 cm³/mol. The molecule has 1 aliphatic rings. The molecule has 21 heavy (non-hydrogen) atoms. The highest BCUT2D eigenvalue weighted by Gasteiger charge is 2.39. The van der Waals surface area contributed by atoms with Crippen molar-refractivity contribution in [1.82, 2.24) is 9.62 Å². The summed E-state index contributed by atoms with van der Waals surface area (Å²) in [7, 11) is -0.998. The molecule has 1 unspecified atom stereocenters. The highest BCUT2D eigenvalue weighted by Crippen LogP contribution is 2.30. The third-order valence-corrected chi connectivity index (χ3v) is 5.75. The Bertz CT molecular complexity index is 493. The molecule has 1 aliphatic heterocycles. The zero-order chi connectivity index (χ0) is 15.7. The van der Waals surface area contributed by atoms with Gasteiger partial charge in [-0.1, -0.05) is 30.3 Å². The molecule has 0 amide bonds. The fraction of sp³-hybridized carbons (Fsp3) is 0.647. The minimum Gasteiger partial charge on any atom is -0.292 e. The van der Waals surface area contributed by atoms with E-state index in [9.17, 15) is 4.21 Å². The van der Waals surface area contributed by atoms with Gasteiger partial charge >= 0.3 is 0 Å². The lowest BCUT2D eigenvalue weighted by molar-refractivity contribution is 0.166. The molecule has 0 bridgehead atoms. The topological polar surface area (TPSA) is 32.3 Å². The third kappa shape index (κ3) is 4.38. The number of likely N-dealkylation sites (tertiary alicyclic amines) is 1. The van der Waals surface area contributed by atoms with Crippen LogP contribution in [0.15, 0.2) is 30.3 Å². The standard InChI is InChI=1S/C17H28N2OS/c1-16(2,3)21(20)18-15-11-17(4,5)19(13-15)12-14-9-7-6-8-10-14/h6-10,15,18H,11-13H2,1-5H3/t15-,21?/m0/s1. The number of nitrogens with zero attached hydrogens (tertiary/aromatic N) is 1. The van der Waals surface area contributed by atoms with Gasteiger partial charge in [0.25, 0.3) is 0 Å². The summed E-state index contributed by atoms with van der Waals surface area (Å²) in [4.78, 5) is 2.49. The van der Waals surface area contributed by atoms with E-state index in [-0.39, 0.29) is 10.3 Å². The molecule has 2 atom stereocenters. The summed E-state index contributed by atoms with van der Waals surface area (Å²) in [5, 5.41) is 0. The van der Waals surface area contributed by atoms with Crippen LogP contribution in [0.1, 0.15) is 46.6 Å². The van der Waals surface area contributed by atoms with Crippen LogP contribution in [0.2, 0.25) is 0 Å². The summed E-state index contributed by atoms with van der Waals surface area (Å²) in [6, 6.07) is 10.9. The molecule has 118 valence electrons. The second kappa shape index (κ2) is 6.19. The van der Waals surface area contributed by atoms with Crippen LogP contribution in [0, 0.1) is 0 Å². The van der Waals surface area contributed by atoms with Crippen LogP contribution in [-0.2, 0) is 17.5 Å². The van der Waals surface area contributed by atoms with Crippen molar-refractivity contribution in [2.45, 2.75) is 63.9 Å². The van der Waals surface area contributed by atoms with E-state index < -0.39 is 11.0 Å². The predicted octanol–water partition coefficient (Wildman–Crippen LogP) is 3.09. The fourth-order valence-corrected chi connectivity index (χ4v) is 3.61. The van der Waals surface area contributed by atoms with E-state index in [1.54, 1.807) is 0 Å². The molecule has 4 heteroatoms. The van der Waals surface area contributed by atoms with Gasteiger partial charge in [0.15, 0.2) is 0 Å². The minimum absolute atomic E-state index is 0.135. The molecule has 1 heterocycles. The Kier molecular flexibility index (Phi) is 4.91. The first-order valence-electron chi connectivity index (χ1n) is 7.65. The quantitative estimate of drug-likeness (QED) is 0.927. The number of nitrogens with one attached hydrogen (secondary N) is 1. The molecule has 3 nitrogen and oxygen atoms in total.